The number of para-hydroxylation sites is 1. The molecule has 4 aromatic rings. The molecule has 2 heterocycles. The highest BCUT2D eigenvalue weighted by molar-refractivity contribution is 7.90. The number of nitrogens with one attached hydrogen (secondary N) is 1. The van der Waals surface area contributed by atoms with Crippen molar-refractivity contribution in [2.24, 2.45) is 0 Å². The Morgan fingerprint density at radius 3 is 2.80 bits per heavy atom. The van der Waals surface area contributed by atoms with Crippen molar-refractivity contribution in [2.45, 2.75) is 24.8 Å². The lowest BCUT2D eigenvalue weighted by atomic mass is 10.1. The van der Waals surface area contributed by atoms with Gasteiger partial charge in [0.15, 0.2) is 15.0 Å². The van der Waals surface area contributed by atoms with Crippen LogP contribution in [0.4, 0.5) is 5.13 Å². The number of thiazole rings is 1. The summed E-state index contributed by atoms with van der Waals surface area (Å²) in [5.74, 6) is -0.298. The number of aromatic nitrogens is 3. The fourth-order valence-corrected chi connectivity index (χ4v) is 4.73. The Labute approximate surface area is 176 Å². The number of anilines is 1. The molecule has 154 valence electrons. The molecule has 1 N–H and O–H groups in total. The Morgan fingerprint density at radius 1 is 1.23 bits per heavy atom. The molecule has 10 heteroatoms. The minimum Gasteiger partial charge on any atom is -0.302 e. The van der Waals surface area contributed by atoms with Crippen molar-refractivity contribution in [1.29, 1.82) is 0 Å². The van der Waals surface area contributed by atoms with Crippen molar-refractivity contribution in [1.82, 2.24) is 14.5 Å². The van der Waals surface area contributed by atoms with Crippen LogP contribution in [0.3, 0.4) is 0 Å². The summed E-state index contributed by atoms with van der Waals surface area (Å²) in [6.45, 7) is 2.08. The molecule has 0 spiro atoms. The van der Waals surface area contributed by atoms with Gasteiger partial charge in [-0.2, -0.15) is 0 Å². The predicted molar refractivity (Wildman–Crippen MR) is 117 cm³/mol. The van der Waals surface area contributed by atoms with E-state index in [1.165, 1.54) is 28.3 Å². The Balaban J connectivity index is 1.48. The number of rotatable bonds is 5. The molecule has 0 aliphatic carbocycles. The Hall–Kier alpha value is -3.11. The number of hydrogen-bond donors (Lipinski definition) is 1. The second-order valence-corrected chi connectivity index (χ2v) is 9.98. The van der Waals surface area contributed by atoms with Crippen molar-refractivity contribution < 1.29 is 13.2 Å². The third-order valence-corrected chi connectivity index (χ3v) is 6.71. The van der Waals surface area contributed by atoms with Gasteiger partial charge in [0.1, 0.15) is 0 Å². The number of fused-ring (bicyclic) bond motifs is 2. The minimum absolute atomic E-state index is 0.0728. The summed E-state index contributed by atoms with van der Waals surface area (Å²) in [5, 5.41) is 3.60. The first-order valence-electron chi connectivity index (χ1n) is 9.07. The predicted octanol–water partition coefficient (Wildman–Crippen LogP) is 2.75. The fraction of sp³-hybridized carbons (Fsp3) is 0.200. The SMILES string of the molecule is Cc1cccc2c(=O)n(CCC(=O)Nc3nc4ccc(S(C)(=O)=O)cc4s3)cnc12. The second kappa shape index (κ2) is 7.62. The van der Waals surface area contributed by atoms with Crippen LogP contribution in [0.15, 0.2) is 52.4 Å². The normalized spacial score (nSPS) is 11.8. The fourth-order valence-electron chi connectivity index (χ4n) is 3.09. The number of carbonyl (C=O) groups excluding carboxylic acids is 1. The number of benzene rings is 2. The molecule has 0 aliphatic rings. The number of aryl methyl sites for hydroxylation is 2. The third kappa shape index (κ3) is 3.96. The largest absolute Gasteiger partial charge is 0.302 e. The van der Waals surface area contributed by atoms with Crippen molar-refractivity contribution >= 4 is 53.3 Å². The Morgan fingerprint density at radius 2 is 2.03 bits per heavy atom. The van der Waals surface area contributed by atoms with E-state index in [9.17, 15) is 18.0 Å². The maximum Gasteiger partial charge on any atom is 0.261 e. The van der Waals surface area contributed by atoms with E-state index in [0.717, 1.165) is 11.8 Å². The van der Waals surface area contributed by atoms with Gasteiger partial charge in [-0.3, -0.25) is 14.2 Å². The molecule has 8 nitrogen and oxygen atoms in total. The molecule has 0 saturated carbocycles. The zero-order valence-electron chi connectivity index (χ0n) is 16.2. The zero-order chi connectivity index (χ0) is 21.5. The average Bonchev–Trinajstić information content (AvgIpc) is 3.08. The first-order valence-corrected chi connectivity index (χ1v) is 11.8. The smallest absolute Gasteiger partial charge is 0.261 e. The lowest BCUT2D eigenvalue weighted by Gasteiger charge is -2.07. The summed E-state index contributed by atoms with van der Waals surface area (Å²) in [5.41, 5.74) is 1.99. The van der Waals surface area contributed by atoms with E-state index >= 15 is 0 Å². The van der Waals surface area contributed by atoms with E-state index in [-0.39, 0.29) is 29.3 Å². The van der Waals surface area contributed by atoms with Crippen molar-refractivity contribution in [2.75, 3.05) is 11.6 Å². The lowest BCUT2D eigenvalue weighted by molar-refractivity contribution is -0.116. The maximum absolute atomic E-state index is 12.6. The monoisotopic (exact) mass is 442 g/mol. The van der Waals surface area contributed by atoms with Gasteiger partial charge in [0.2, 0.25) is 5.91 Å². The molecule has 0 bridgehead atoms. The van der Waals surface area contributed by atoms with E-state index < -0.39 is 9.84 Å². The maximum atomic E-state index is 12.6. The standard InChI is InChI=1S/C20H18N4O4S2/c1-12-4-3-5-14-18(12)21-11-24(19(14)26)9-8-17(25)23-20-22-15-7-6-13(30(2,27)28)10-16(15)29-20/h3-7,10-11H,8-9H2,1-2H3,(H,22,23,25). The van der Waals surface area contributed by atoms with E-state index in [2.05, 4.69) is 15.3 Å². The first-order chi connectivity index (χ1) is 14.2. The lowest BCUT2D eigenvalue weighted by Crippen LogP contribution is -2.23. The van der Waals surface area contributed by atoms with Crippen LogP contribution in [-0.2, 0) is 21.2 Å². The molecule has 0 atom stereocenters. The van der Waals surface area contributed by atoms with E-state index in [4.69, 9.17) is 0 Å². The molecule has 0 fully saturated rings. The summed E-state index contributed by atoms with van der Waals surface area (Å²) in [6, 6.07) is 10.1. The van der Waals surface area contributed by atoms with Crippen LogP contribution in [0.25, 0.3) is 21.1 Å². The summed E-state index contributed by atoms with van der Waals surface area (Å²) in [7, 11) is -3.32. The highest BCUT2D eigenvalue weighted by atomic mass is 32.2. The van der Waals surface area contributed by atoms with Gasteiger partial charge in [-0.1, -0.05) is 23.5 Å². The van der Waals surface area contributed by atoms with Gasteiger partial charge in [0.25, 0.3) is 5.56 Å². The molecule has 30 heavy (non-hydrogen) atoms. The van der Waals surface area contributed by atoms with Crippen LogP contribution >= 0.6 is 11.3 Å². The minimum atomic E-state index is -3.32. The number of carbonyl (C=O) groups is 1. The van der Waals surface area contributed by atoms with Crippen LogP contribution in [-0.4, -0.2) is 35.1 Å². The quantitative estimate of drug-likeness (QED) is 0.509. The van der Waals surface area contributed by atoms with Crippen LogP contribution in [0.5, 0.6) is 0 Å². The Kier molecular flexibility index (Phi) is 5.12. The summed E-state index contributed by atoms with van der Waals surface area (Å²) in [6.07, 6.45) is 2.67. The number of amides is 1. The van der Waals surface area contributed by atoms with Gasteiger partial charge in [0, 0.05) is 19.2 Å². The van der Waals surface area contributed by atoms with Crippen molar-refractivity contribution in [3.63, 3.8) is 0 Å². The number of nitrogens with zero attached hydrogens (tertiary/aromatic N) is 3. The van der Waals surface area contributed by atoms with Gasteiger partial charge in [-0.15, -0.1) is 0 Å². The van der Waals surface area contributed by atoms with Crippen LogP contribution in [0.2, 0.25) is 0 Å². The van der Waals surface area contributed by atoms with E-state index in [0.29, 0.717) is 26.3 Å². The van der Waals surface area contributed by atoms with E-state index in [1.807, 2.05) is 13.0 Å². The molecule has 0 aliphatic heterocycles. The molecule has 1 amide bonds. The summed E-state index contributed by atoms with van der Waals surface area (Å²) < 4.78 is 25.5. The topological polar surface area (TPSA) is 111 Å². The number of hydrogen-bond acceptors (Lipinski definition) is 7. The second-order valence-electron chi connectivity index (χ2n) is 6.93. The van der Waals surface area contributed by atoms with Gasteiger partial charge in [0.05, 0.1) is 32.3 Å². The first kappa shape index (κ1) is 20.2. The van der Waals surface area contributed by atoms with Gasteiger partial charge in [-0.05, 0) is 36.8 Å². The van der Waals surface area contributed by atoms with Crippen molar-refractivity contribution in [3.8, 4) is 0 Å². The number of sulfone groups is 1. The van der Waals surface area contributed by atoms with E-state index in [1.54, 1.807) is 24.3 Å². The molecule has 0 saturated heterocycles. The highest BCUT2D eigenvalue weighted by Crippen LogP contribution is 2.28. The van der Waals surface area contributed by atoms with Crippen LogP contribution in [0, 0.1) is 6.92 Å². The van der Waals surface area contributed by atoms with Gasteiger partial charge < -0.3 is 5.32 Å². The highest BCUT2D eigenvalue weighted by Gasteiger charge is 2.13. The summed E-state index contributed by atoms with van der Waals surface area (Å²) >= 11 is 1.20. The molecule has 2 aromatic heterocycles. The zero-order valence-corrected chi connectivity index (χ0v) is 17.9. The average molecular weight is 443 g/mol. The van der Waals surface area contributed by atoms with Crippen molar-refractivity contribution in [3.05, 3.63) is 58.6 Å². The third-order valence-electron chi connectivity index (χ3n) is 4.67. The molecule has 0 unspecified atom stereocenters. The molecule has 0 radical (unpaired) electrons. The van der Waals surface area contributed by atoms with Gasteiger partial charge >= 0.3 is 0 Å². The molecule has 4 rings (SSSR count). The van der Waals surface area contributed by atoms with Gasteiger partial charge in [-0.25, -0.2) is 18.4 Å². The Bertz CT molecular complexity index is 1450. The summed E-state index contributed by atoms with van der Waals surface area (Å²) in [4.78, 5) is 33.8. The molecular weight excluding hydrogens is 424 g/mol. The molecular formula is C20H18N4O4S2. The van der Waals surface area contributed by atoms with Crippen LogP contribution in [0.1, 0.15) is 12.0 Å². The molecule has 2 aromatic carbocycles. The van der Waals surface area contributed by atoms with Crippen LogP contribution < -0.4 is 10.9 Å².